The lowest BCUT2D eigenvalue weighted by Gasteiger charge is -2.17. The number of aliphatic hydroxyl groups is 1. The molecule has 2 aromatic rings. The van der Waals surface area contributed by atoms with Crippen LogP contribution in [0.3, 0.4) is 0 Å². The van der Waals surface area contributed by atoms with Crippen LogP contribution in [0.15, 0.2) is 59.6 Å². The summed E-state index contributed by atoms with van der Waals surface area (Å²) >= 11 is 0. The minimum atomic E-state index is -0.373. The maximum absolute atomic E-state index is 9.72. The molecule has 0 aliphatic rings. The molecule has 122 valence electrons. The van der Waals surface area contributed by atoms with E-state index in [1.165, 1.54) is 11.1 Å². The maximum atomic E-state index is 9.72. The monoisotopic (exact) mass is 311 g/mol. The van der Waals surface area contributed by atoms with Crippen molar-refractivity contribution >= 4 is 11.6 Å². The van der Waals surface area contributed by atoms with E-state index in [-0.39, 0.29) is 12.0 Å². The molecule has 2 rings (SSSR count). The summed E-state index contributed by atoms with van der Waals surface area (Å²) in [6, 6.07) is 18.1. The van der Waals surface area contributed by atoms with E-state index in [0.717, 1.165) is 5.69 Å². The number of guanidine groups is 1. The normalized spacial score (nSPS) is 14.3. The van der Waals surface area contributed by atoms with Gasteiger partial charge in [0, 0.05) is 18.2 Å². The van der Waals surface area contributed by atoms with Gasteiger partial charge in [-0.05, 0) is 38.0 Å². The van der Waals surface area contributed by atoms with Crippen molar-refractivity contribution in [3.05, 3.63) is 65.7 Å². The van der Waals surface area contributed by atoms with E-state index in [2.05, 4.69) is 22.4 Å². The Morgan fingerprint density at radius 3 is 2.39 bits per heavy atom. The Morgan fingerprint density at radius 2 is 1.78 bits per heavy atom. The van der Waals surface area contributed by atoms with E-state index in [1.54, 1.807) is 6.92 Å². The average Bonchev–Trinajstić information content (AvgIpc) is 2.54. The largest absolute Gasteiger partial charge is 0.393 e. The van der Waals surface area contributed by atoms with Crippen molar-refractivity contribution in [2.24, 2.45) is 10.7 Å². The van der Waals surface area contributed by atoms with Crippen molar-refractivity contribution in [2.45, 2.75) is 32.3 Å². The van der Waals surface area contributed by atoms with E-state index in [0.29, 0.717) is 18.9 Å². The second-order valence-corrected chi connectivity index (χ2v) is 5.91. The lowest BCUT2D eigenvalue weighted by molar-refractivity contribution is 0.175. The number of aliphatic imine (C=N–C) groups is 1. The number of rotatable bonds is 6. The molecule has 4 nitrogen and oxygen atoms in total. The van der Waals surface area contributed by atoms with Crippen molar-refractivity contribution in [1.82, 2.24) is 0 Å². The topological polar surface area (TPSA) is 70.6 Å². The summed E-state index contributed by atoms with van der Waals surface area (Å²) in [5, 5.41) is 12.8. The summed E-state index contributed by atoms with van der Waals surface area (Å²) in [6.07, 6.45) is 0.285. The van der Waals surface area contributed by atoms with Gasteiger partial charge in [-0.15, -0.1) is 0 Å². The molecule has 0 spiro atoms. The van der Waals surface area contributed by atoms with Crippen LogP contribution < -0.4 is 11.1 Å². The van der Waals surface area contributed by atoms with E-state index in [9.17, 15) is 5.11 Å². The molecule has 0 saturated heterocycles. The molecule has 0 aromatic heterocycles. The Balaban J connectivity index is 2.02. The van der Waals surface area contributed by atoms with Crippen molar-refractivity contribution < 1.29 is 5.11 Å². The fourth-order valence-electron chi connectivity index (χ4n) is 2.49. The zero-order valence-corrected chi connectivity index (χ0v) is 13.7. The van der Waals surface area contributed by atoms with Crippen LogP contribution >= 0.6 is 0 Å². The van der Waals surface area contributed by atoms with Crippen LogP contribution in [0.2, 0.25) is 0 Å². The molecule has 0 heterocycles. The molecule has 0 bridgehead atoms. The van der Waals surface area contributed by atoms with Gasteiger partial charge in [0.2, 0.25) is 0 Å². The SMILES string of the molecule is Cc1ccc(NC(N)=NCC(CC(C)O)c2ccccc2)cc1. The molecule has 2 aromatic carbocycles. The highest BCUT2D eigenvalue weighted by Gasteiger charge is 2.13. The van der Waals surface area contributed by atoms with Gasteiger partial charge in [-0.1, -0.05) is 48.0 Å². The first-order valence-corrected chi connectivity index (χ1v) is 7.91. The quantitative estimate of drug-likeness (QED) is 0.566. The maximum Gasteiger partial charge on any atom is 0.193 e. The lowest BCUT2D eigenvalue weighted by atomic mass is 9.93. The number of nitrogens with zero attached hydrogens (tertiary/aromatic N) is 1. The summed E-state index contributed by atoms with van der Waals surface area (Å²) in [5.41, 5.74) is 9.27. The van der Waals surface area contributed by atoms with E-state index < -0.39 is 0 Å². The molecule has 4 heteroatoms. The lowest BCUT2D eigenvalue weighted by Crippen LogP contribution is -2.24. The molecule has 0 fully saturated rings. The van der Waals surface area contributed by atoms with Gasteiger partial charge >= 0.3 is 0 Å². The zero-order valence-electron chi connectivity index (χ0n) is 13.7. The van der Waals surface area contributed by atoms with Crippen molar-refractivity contribution in [3.8, 4) is 0 Å². The third kappa shape index (κ3) is 5.75. The third-order valence-corrected chi connectivity index (χ3v) is 3.70. The number of hydrogen-bond donors (Lipinski definition) is 3. The number of nitrogens with two attached hydrogens (primary N) is 1. The number of hydrogen-bond acceptors (Lipinski definition) is 2. The summed E-state index contributed by atoms with van der Waals surface area (Å²) in [5.74, 6) is 0.537. The fourth-order valence-corrected chi connectivity index (χ4v) is 2.49. The number of nitrogens with one attached hydrogen (secondary N) is 1. The Morgan fingerprint density at radius 1 is 1.13 bits per heavy atom. The molecule has 0 aliphatic carbocycles. The number of anilines is 1. The first-order valence-electron chi connectivity index (χ1n) is 7.91. The molecule has 0 amide bonds. The Hall–Kier alpha value is -2.33. The van der Waals surface area contributed by atoms with Gasteiger partial charge in [-0.3, -0.25) is 4.99 Å². The number of aliphatic hydroxyl groups excluding tert-OH is 1. The number of aryl methyl sites for hydroxylation is 1. The van der Waals surface area contributed by atoms with Crippen LogP contribution in [-0.2, 0) is 0 Å². The predicted molar refractivity (Wildman–Crippen MR) is 96.8 cm³/mol. The fraction of sp³-hybridized carbons (Fsp3) is 0.316. The average molecular weight is 311 g/mol. The standard InChI is InChI=1S/C19H25N3O/c1-14-8-10-18(11-9-14)22-19(20)21-13-17(12-15(2)23)16-6-4-3-5-7-16/h3-11,15,17,23H,12-13H2,1-2H3,(H3,20,21,22). The molecular weight excluding hydrogens is 286 g/mol. The van der Waals surface area contributed by atoms with Gasteiger partial charge in [0.25, 0.3) is 0 Å². The van der Waals surface area contributed by atoms with Crippen LogP contribution in [0.25, 0.3) is 0 Å². The molecule has 0 aliphatic heterocycles. The van der Waals surface area contributed by atoms with Crippen LogP contribution in [0.4, 0.5) is 5.69 Å². The number of benzene rings is 2. The summed E-state index contributed by atoms with van der Waals surface area (Å²) in [7, 11) is 0. The summed E-state index contributed by atoms with van der Waals surface area (Å²) in [4.78, 5) is 4.44. The van der Waals surface area contributed by atoms with Crippen molar-refractivity contribution in [1.29, 1.82) is 0 Å². The van der Waals surface area contributed by atoms with Gasteiger partial charge in [-0.25, -0.2) is 0 Å². The minimum absolute atomic E-state index is 0.148. The van der Waals surface area contributed by atoms with E-state index in [4.69, 9.17) is 5.73 Å². The molecule has 23 heavy (non-hydrogen) atoms. The van der Waals surface area contributed by atoms with Gasteiger partial charge < -0.3 is 16.2 Å². The first kappa shape index (κ1) is 17.0. The first-order chi connectivity index (χ1) is 11.0. The molecule has 2 atom stereocenters. The summed E-state index contributed by atoms with van der Waals surface area (Å²) in [6.45, 7) is 4.38. The van der Waals surface area contributed by atoms with Crippen molar-refractivity contribution in [2.75, 3.05) is 11.9 Å². The van der Waals surface area contributed by atoms with E-state index >= 15 is 0 Å². The van der Waals surface area contributed by atoms with Gasteiger partial charge in [0.05, 0.1) is 6.10 Å². The highest BCUT2D eigenvalue weighted by atomic mass is 16.3. The van der Waals surface area contributed by atoms with Crippen LogP contribution in [0, 0.1) is 6.92 Å². The van der Waals surface area contributed by atoms with Crippen LogP contribution in [0.5, 0.6) is 0 Å². The van der Waals surface area contributed by atoms with Crippen LogP contribution in [-0.4, -0.2) is 23.7 Å². The second kappa shape index (κ2) is 8.34. The van der Waals surface area contributed by atoms with Gasteiger partial charge in [0.1, 0.15) is 0 Å². The Bertz CT molecular complexity index is 621. The van der Waals surface area contributed by atoms with Crippen molar-refractivity contribution in [3.63, 3.8) is 0 Å². The molecular formula is C19H25N3O. The summed E-state index contributed by atoms with van der Waals surface area (Å²) < 4.78 is 0. The Labute approximate surface area is 138 Å². The third-order valence-electron chi connectivity index (χ3n) is 3.70. The van der Waals surface area contributed by atoms with Gasteiger partial charge in [0.15, 0.2) is 5.96 Å². The minimum Gasteiger partial charge on any atom is -0.393 e. The molecule has 4 N–H and O–H groups in total. The smallest absolute Gasteiger partial charge is 0.193 e. The van der Waals surface area contributed by atoms with Crippen LogP contribution in [0.1, 0.15) is 30.4 Å². The van der Waals surface area contributed by atoms with E-state index in [1.807, 2.05) is 49.4 Å². The van der Waals surface area contributed by atoms with Gasteiger partial charge in [-0.2, -0.15) is 0 Å². The Kier molecular flexibility index (Phi) is 6.18. The highest BCUT2D eigenvalue weighted by Crippen LogP contribution is 2.21. The molecule has 0 saturated carbocycles. The molecule has 2 unspecified atom stereocenters. The zero-order chi connectivity index (χ0) is 16.7. The second-order valence-electron chi connectivity index (χ2n) is 5.91. The highest BCUT2D eigenvalue weighted by molar-refractivity contribution is 5.92. The molecule has 0 radical (unpaired) electrons. The predicted octanol–water partition coefficient (Wildman–Crippen LogP) is 3.28.